The first-order valence-electron chi connectivity index (χ1n) is 6.66. The lowest BCUT2D eigenvalue weighted by Crippen LogP contribution is -2.02. The van der Waals surface area contributed by atoms with E-state index in [1.54, 1.807) is 0 Å². The van der Waals surface area contributed by atoms with Crippen LogP contribution in [0.25, 0.3) is 22.5 Å². The van der Waals surface area contributed by atoms with Crippen LogP contribution >= 0.6 is 15.9 Å². The highest BCUT2D eigenvalue weighted by Gasteiger charge is 2.24. The molecule has 0 bridgehead atoms. The Bertz CT molecular complexity index is 774. The van der Waals surface area contributed by atoms with Crippen molar-refractivity contribution in [1.29, 1.82) is 0 Å². The van der Waals surface area contributed by atoms with Crippen LogP contribution in [0.2, 0.25) is 0 Å². The van der Waals surface area contributed by atoms with Crippen molar-refractivity contribution in [2.45, 2.75) is 12.8 Å². The molecule has 0 fully saturated rings. The molecule has 1 heterocycles. The van der Waals surface area contributed by atoms with E-state index in [1.807, 2.05) is 12.1 Å². The first-order chi connectivity index (χ1) is 9.83. The molecule has 2 nitrogen and oxygen atoms in total. The lowest BCUT2D eigenvalue weighted by atomic mass is 9.87. The Kier molecular flexibility index (Phi) is 2.74. The fourth-order valence-corrected chi connectivity index (χ4v) is 3.07. The van der Waals surface area contributed by atoms with Crippen molar-refractivity contribution in [3.8, 4) is 22.5 Å². The van der Waals surface area contributed by atoms with Gasteiger partial charge in [0, 0.05) is 10.0 Å². The highest BCUT2D eigenvalue weighted by atomic mass is 79.9. The average molecular weight is 326 g/mol. The average Bonchev–Trinajstić information content (AvgIpc) is 2.92. The molecule has 3 aromatic rings. The molecule has 0 radical (unpaired) electrons. The zero-order valence-corrected chi connectivity index (χ0v) is 12.4. The standard InChI is InChI=1S/C17H12BrNO/c18-13-8-5-12(6-9-13)17-16-14-4-2-1-3-11(14)7-10-15(16)19-20-17/h1-6,8-9H,7,10H2. The summed E-state index contributed by atoms with van der Waals surface area (Å²) in [6.45, 7) is 0. The molecule has 0 atom stereocenters. The Balaban J connectivity index is 1.93. The molecule has 0 spiro atoms. The summed E-state index contributed by atoms with van der Waals surface area (Å²) in [7, 11) is 0. The number of aryl methyl sites for hydroxylation is 2. The first-order valence-corrected chi connectivity index (χ1v) is 7.45. The summed E-state index contributed by atoms with van der Waals surface area (Å²) in [5, 5.41) is 4.27. The molecular formula is C17H12BrNO. The van der Waals surface area contributed by atoms with E-state index in [0.29, 0.717) is 0 Å². The number of fused-ring (bicyclic) bond motifs is 3. The van der Waals surface area contributed by atoms with Gasteiger partial charge >= 0.3 is 0 Å². The van der Waals surface area contributed by atoms with Crippen LogP contribution in [0, 0.1) is 0 Å². The third kappa shape index (κ3) is 1.81. The van der Waals surface area contributed by atoms with Gasteiger partial charge in [-0.1, -0.05) is 45.4 Å². The van der Waals surface area contributed by atoms with E-state index in [-0.39, 0.29) is 0 Å². The van der Waals surface area contributed by atoms with Crippen molar-refractivity contribution in [3.05, 3.63) is 64.3 Å². The Morgan fingerprint density at radius 2 is 1.75 bits per heavy atom. The molecule has 4 rings (SSSR count). The summed E-state index contributed by atoms with van der Waals surface area (Å²) >= 11 is 3.46. The van der Waals surface area contributed by atoms with Crippen LogP contribution in [0.1, 0.15) is 11.3 Å². The quantitative estimate of drug-likeness (QED) is 0.638. The van der Waals surface area contributed by atoms with Crippen molar-refractivity contribution in [3.63, 3.8) is 0 Å². The third-order valence-electron chi connectivity index (χ3n) is 3.79. The predicted molar refractivity (Wildman–Crippen MR) is 82.5 cm³/mol. The van der Waals surface area contributed by atoms with E-state index in [1.165, 1.54) is 11.1 Å². The molecule has 2 aromatic carbocycles. The van der Waals surface area contributed by atoms with Crippen LogP contribution in [0.5, 0.6) is 0 Å². The molecule has 0 N–H and O–H groups in total. The van der Waals surface area contributed by atoms with Crippen LogP contribution in [0.3, 0.4) is 0 Å². The molecule has 0 amide bonds. The summed E-state index contributed by atoms with van der Waals surface area (Å²) in [5.41, 5.74) is 5.93. The minimum Gasteiger partial charge on any atom is -0.355 e. The number of nitrogens with zero attached hydrogens (tertiary/aromatic N) is 1. The van der Waals surface area contributed by atoms with Gasteiger partial charge in [0.25, 0.3) is 0 Å². The molecule has 0 unspecified atom stereocenters. The minimum absolute atomic E-state index is 0.875. The van der Waals surface area contributed by atoms with Gasteiger partial charge in [-0.2, -0.15) is 0 Å². The summed E-state index contributed by atoms with van der Waals surface area (Å²) in [4.78, 5) is 0. The second-order valence-electron chi connectivity index (χ2n) is 5.00. The lowest BCUT2D eigenvalue weighted by Gasteiger charge is -2.15. The number of hydrogen-bond acceptors (Lipinski definition) is 2. The van der Waals surface area contributed by atoms with Crippen molar-refractivity contribution in [2.24, 2.45) is 0 Å². The normalized spacial score (nSPS) is 12.8. The predicted octanol–water partition coefficient (Wildman–Crippen LogP) is 4.87. The van der Waals surface area contributed by atoms with Crippen molar-refractivity contribution >= 4 is 15.9 Å². The van der Waals surface area contributed by atoms with E-state index in [2.05, 4.69) is 57.5 Å². The summed E-state index contributed by atoms with van der Waals surface area (Å²) in [6.07, 6.45) is 1.99. The number of hydrogen-bond donors (Lipinski definition) is 0. The minimum atomic E-state index is 0.875. The van der Waals surface area contributed by atoms with Crippen molar-refractivity contribution < 1.29 is 4.52 Å². The molecule has 20 heavy (non-hydrogen) atoms. The molecule has 1 aliphatic carbocycles. The summed E-state index contributed by atoms with van der Waals surface area (Å²) < 4.78 is 6.70. The Morgan fingerprint density at radius 1 is 0.950 bits per heavy atom. The van der Waals surface area contributed by atoms with Crippen molar-refractivity contribution in [1.82, 2.24) is 5.16 Å². The second kappa shape index (κ2) is 4.60. The largest absolute Gasteiger partial charge is 0.355 e. The lowest BCUT2D eigenvalue weighted by molar-refractivity contribution is 0.423. The molecule has 1 aliphatic rings. The van der Waals surface area contributed by atoms with Crippen LogP contribution in [0.15, 0.2) is 57.5 Å². The van der Waals surface area contributed by atoms with Crippen LogP contribution in [-0.4, -0.2) is 5.16 Å². The van der Waals surface area contributed by atoms with Gasteiger partial charge in [-0.05, 0) is 48.2 Å². The number of aromatic nitrogens is 1. The van der Waals surface area contributed by atoms with Gasteiger partial charge in [-0.25, -0.2) is 0 Å². The van der Waals surface area contributed by atoms with Gasteiger partial charge in [-0.15, -0.1) is 0 Å². The molecule has 98 valence electrons. The van der Waals surface area contributed by atoms with Gasteiger partial charge in [0.1, 0.15) is 0 Å². The molecule has 1 aromatic heterocycles. The first kappa shape index (κ1) is 11.9. The molecule has 0 saturated carbocycles. The van der Waals surface area contributed by atoms with E-state index < -0.39 is 0 Å². The van der Waals surface area contributed by atoms with Gasteiger partial charge in [-0.3, -0.25) is 0 Å². The highest BCUT2D eigenvalue weighted by molar-refractivity contribution is 9.10. The zero-order chi connectivity index (χ0) is 13.5. The van der Waals surface area contributed by atoms with Crippen LogP contribution in [0.4, 0.5) is 0 Å². The number of rotatable bonds is 1. The molecular weight excluding hydrogens is 314 g/mol. The Morgan fingerprint density at radius 3 is 2.60 bits per heavy atom. The smallest absolute Gasteiger partial charge is 0.174 e. The fourth-order valence-electron chi connectivity index (χ4n) is 2.81. The fraction of sp³-hybridized carbons (Fsp3) is 0.118. The van der Waals surface area contributed by atoms with Gasteiger partial charge in [0.2, 0.25) is 0 Å². The monoisotopic (exact) mass is 325 g/mol. The van der Waals surface area contributed by atoms with Gasteiger partial charge in [0.05, 0.1) is 11.3 Å². The summed E-state index contributed by atoms with van der Waals surface area (Å²) in [6, 6.07) is 16.7. The topological polar surface area (TPSA) is 26.0 Å². The maximum atomic E-state index is 5.64. The highest BCUT2D eigenvalue weighted by Crippen LogP contribution is 2.40. The van der Waals surface area contributed by atoms with E-state index >= 15 is 0 Å². The third-order valence-corrected chi connectivity index (χ3v) is 4.32. The van der Waals surface area contributed by atoms with Crippen molar-refractivity contribution in [2.75, 3.05) is 0 Å². The molecule has 0 saturated heterocycles. The maximum absolute atomic E-state index is 5.64. The summed E-state index contributed by atoms with van der Waals surface area (Å²) in [5.74, 6) is 0.875. The number of benzene rings is 2. The van der Waals surface area contributed by atoms with E-state index in [0.717, 1.165) is 39.9 Å². The SMILES string of the molecule is Brc1ccc(-c2onc3c2-c2ccccc2CC3)cc1. The van der Waals surface area contributed by atoms with Gasteiger partial charge in [0.15, 0.2) is 5.76 Å². The Labute approximate surface area is 125 Å². The van der Waals surface area contributed by atoms with Crippen LogP contribution in [-0.2, 0) is 12.8 Å². The zero-order valence-electron chi connectivity index (χ0n) is 10.8. The molecule has 3 heteroatoms. The Hall–Kier alpha value is -1.87. The maximum Gasteiger partial charge on any atom is 0.174 e. The second-order valence-corrected chi connectivity index (χ2v) is 5.91. The molecule has 0 aliphatic heterocycles. The number of halogens is 1. The van der Waals surface area contributed by atoms with E-state index in [4.69, 9.17) is 4.52 Å². The van der Waals surface area contributed by atoms with Gasteiger partial charge < -0.3 is 4.52 Å². The van der Waals surface area contributed by atoms with E-state index in [9.17, 15) is 0 Å². The van der Waals surface area contributed by atoms with Crippen LogP contribution < -0.4 is 0 Å².